The van der Waals surface area contributed by atoms with Gasteiger partial charge in [-0.15, -0.1) is 0 Å². The van der Waals surface area contributed by atoms with E-state index < -0.39 is 4.92 Å². The van der Waals surface area contributed by atoms with Gasteiger partial charge in [-0.3, -0.25) is 10.1 Å². The Morgan fingerprint density at radius 3 is 2.52 bits per heavy atom. The highest BCUT2D eigenvalue weighted by atomic mass is 16.6. The molecular formula is C18H18N2O3. The van der Waals surface area contributed by atoms with Gasteiger partial charge in [0.05, 0.1) is 23.5 Å². The van der Waals surface area contributed by atoms with Crippen LogP contribution in [-0.4, -0.2) is 11.5 Å². The standard InChI is InChI=1S/C18H18N2O3/c1-2-14-5-3-4-6-18(14)23-12-11-16(13-19)15-7-9-17(10-8-15)20(21)22/h3-10,16H,2,11-12H2,1H3. The molecule has 0 saturated carbocycles. The van der Waals surface area contributed by atoms with E-state index in [1.807, 2.05) is 24.3 Å². The van der Waals surface area contributed by atoms with Crippen molar-refractivity contribution in [3.8, 4) is 11.8 Å². The maximum Gasteiger partial charge on any atom is 0.269 e. The Bertz CT molecular complexity index is 705. The fraction of sp³-hybridized carbons (Fsp3) is 0.278. The minimum Gasteiger partial charge on any atom is -0.493 e. The molecule has 0 N–H and O–H groups in total. The predicted octanol–water partition coefficient (Wildman–Crippen LogP) is 4.23. The lowest BCUT2D eigenvalue weighted by Gasteiger charge is -2.13. The molecule has 0 saturated heterocycles. The Morgan fingerprint density at radius 2 is 1.91 bits per heavy atom. The number of rotatable bonds is 7. The minimum absolute atomic E-state index is 0.0264. The fourth-order valence-corrected chi connectivity index (χ4v) is 2.36. The lowest BCUT2D eigenvalue weighted by molar-refractivity contribution is -0.384. The van der Waals surface area contributed by atoms with Crippen LogP contribution in [0.3, 0.4) is 0 Å². The van der Waals surface area contributed by atoms with Crippen molar-refractivity contribution in [3.05, 3.63) is 69.8 Å². The van der Waals surface area contributed by atoms with E-state index in [1.165, 1.54) is 12.1 Å². The molecule has 0 heterocycles. The molecule has 5 nitrogen and oxygen atoms in total. The Hall–Kier alpha value is -2.87. The smallest absolute Gasteiger partial charge is 0.269 e. The van der Waals surface area contributed by atoms with Crippen LogP contribution in [0, 0.1) is 21.4 Å². The number of nitriles is 1. The average Bonchev–Trinajstić information content (AvgIpc) is 2.59. The number of ether oxygens (including phenoxy) is 1. The highest BCUT2D eigenvalue weighted by Crippen LogP contribution is 2.23. The van der Waals surface area contributed by atoms with E-state index in [0.29, 0.717) is 13.0 Å². The first-order chi connectivity index (χ1) is 11.2. The highest BCUT2D eigenvalue weighted by Gasteiger charge is 2.13. The maximum atomic E-state index is 10.7. The van der Waals surface area contributed by atoms with Crippen LogP contribution >= 0.6 is 0 Å². The molecule has 2 aromatic rings. The van der Waals surface area contributed by atoms with Gasteiger partial charge in [0.15, 0.2) is 0 Å². The molecule has 0 spiro atoms. The largest absolute Gasteiger partial charge is 0.493 e. The highest BCUT2D eigenvalue weighted by molar-refractivity contribution is 5.36. The summed E-state index contributed by atoms with van der Waals surface area (Å²) in [6, 6.07) is 16.2. The van der Waals surface area contributed by atoms with Crippen molar-refractivity contribution in [2.24, 2.45) is 0 Å². The van der Waals surface area contributed by atoms with Crippen molar-refractivity contribution < 1.29 is 9.66 Å². The zero-order chi connectivity index (χ0) is 16.7. The van der Waals surface area contributed by atoms with Gasteiger partial charge < -0.3 is 4.74 Å². The van der Waals surface area contributed by atoms with Crippen LogP contribution in [0.15, 0.2) is 48.5 Å². The first-order valence-corrected chi connectivity index (χ1v) is 7.50. The molecule has 2 rings (SSSR count). The van der Waals surface area contributed by atoms with Crippen molar-refractivity contribution >= 4 is 5.69 Å². The van der Waals surface area contributed by atoms with E-state index in [-0.39, 0.29) is 11.6 Å². The number of hydrogen-bond donors (Lipinski definition) is 0. The van der Waals surface area contributed by atoms with Crippen molar-refractivity contribution in [2.45, 2.75) is 25.7 Å². The van der Waals surface area contributed by atoms with Crippen LogP contribution in [0.25, 0.3) is 0 Å². The molecule has 0 bridgehead atoms. The molecule has 0 aliphatic heterocycles. The molecule has 118 valence electrons. The molecule has 0 radical (unpaired) electrons. The topological polar surface area (TPSA) is 76.2 Å². The average molecular weight is 310 g/mol. The van der Waals surface area contributed by atoms with Crippen molar-refractivity contribution in [1.29, 1.82) is 5.26 Å². The Kier molecular flexibility index (Phi) is 5.70. The second kappa shape index (κ2) is 7.95. The second-order valence-electron chi connectivity index (χ2n) is 5.13. The van der Waals surface area contributed by atoms with Crippen LogP contribution in [0.2, 0.25) is 0 Å². The number of non-ortho nitro benzene ring substituents is 1. The third-order valence-corrected chi connectivity index (χ3v) is 3.68. The Morgan fingerprint density at radius 1 is 1.22 bits per heavy atom. The normalized spacial score (nSPS) is 11.5. The van der Waals surface area contributed by atoms with Crippen LogP contribution in [0.5, 0.6) is 5.75 Å². The summed E-state index contributed by atoms with van der Waals surface area (Å²) in [7, 11) is 0. The number of aryl methyl sites for hydroxylation is 1. The van der Waals surface area contributed by atoms with E-state index in [9.17, 15) is 15.4 Å². The molecule has 0 aliphatic rings. The number of hydrogen-bond acceptors (Lipinski definition) is 4. The van der Waals surface area contributed by atoms with Gasteiger partial charge in [0.1, 0.15) is 5.75 Å². The molecular weight excluding hydrogens is 292 g/mol. The van der Waals surface area contributed by atoms with Gasteiger partial charge in [0.25, 0.3) is 5.69 Å². The van der Waals surface area contributed by atoms with Gasteiger partial charge in [-0.25, -0.2) is 0 Å². The summed E-state index contributed by atoms with van der Waals surface area (Å²) in [6.45, 7) is 2.49. The summed E-state index contributed by atoms with van der Waals surface area (Å²) in [5, 5.41) is 20.0. The van der Waals surface area contributed by atoms with E-state index in [4.69, 9.17) is 4.74 Å². The van der Waals surface area contributed by atoms with Gasteiger partial charge in [0, 0.05) is 18.6 Å². The summed E-state index contributed by atoms with van der Waals surface area (Å²) >= 11 is 0. The fourth-order valence-electron chi connectivity index (χ4n) is 2.36. The second-order valence-corrected chi connectivity index (χ2v) is 5.13. The van der Waals surface area contributed by atoms with Crippen molar-refractivity contribution in [3.63, 3.8) is 0 Å². The number of nitro groups is 1. The van der Waals surface area contributed by atoms with Gasteiger partial charge in [0.2, 0.25) is 0 Å². The van der Waals surface area contributed by atoms with Crippen LogP contribution in [0.4, 0.5) is 5.69 Å². The van der Waals surface area contributed by atoms with Crippen molar-refractivity contribution in [1.82, 2.24) is 0 Å². The van der Waals surface area contributed by atoms with Gasteiger partial charge in [-0.1, -0.05) is 37.3 Å². The summed E-state index contributed by atoms with van der Waals surface area (Å²) in [6.07, 6.45) is 1.42. The number of nitrogens with zero attached hydrogens (tertiary/aromatic N) is 2. The van der Waals surface area contributed by atoms with Crippen LogP contribution in [-0.2, 0) is 6.42 Å². The molecule has 1 atom stereocenters. The quantitative estimate of drug-likeness (QED) is 0.566. The zero-order valence-corrected chi connectivity index (χ0v) is 12.9. The van der Waals surface area contributed by atoms with Gasteiger partial charge >= 0.3 is 0 Å². The van der Waals surface area contributed by atoms with Gasteiger partial charge in [-0.05, 0) is 23.6 Å². The predicted molar refractivity (Wildman–Crippen MR) is 87.4 cm³/mol. The monoisotopic (exact) mass is 310 g/mol. The van der Waals surface area contributed by atoms with E-state index in [0.717, 1.165) is 23.3 Å². The molecule has 0 aliphatic carbocycles. The lowest BCUT2D eigenvalue weighted by Crippen LogP contribution is -2.05. The minimum atomic E-state index is -0.448. The Labute approximate surface area is 135 Å². The third-order valence-electron chi connectivity index (χ3n) is 3.68. The number of benzene rings is 2. The molecule has 23 heavy (non-hydrogen) atoms. The summed E-state index contributed by atoms with van der Waals surface area (Å²) in [5.74, 6) is 0.500. The first-order valence-electron chi connectivity index (χ1n) is 7.50. The van der Waals surface area contributed by atoms with E-state index >= 15 is 0 Å². The van der Waals surface area contributed by atoms with E-state index in [1.54, 1.807) is 12.1 Å². The van der Waals surface area contributed by atoms with E-state index in [2.05, 4.69) is 13.0 Å². The maximum absolute atomic E-state index is 10.7. The molecule has 0 amide bonds. The third kappa shape index (κ3) is 4.30. The Balaban J connectivity index is 1.97. The van der Waals surface area contributed by atoms with Crippen LogP contribution in [0.1, 0.15) is 30.4 Å². The number of para-hydroxylation sites is 1. The summed E-state index contributed by atoms with van der Waals surface area (Å²) in [5.41, 5.74) is 1.93. The summed E-state index contributed by atoms with van der Waals surface area (Å²) < 4.78 is 5.78. The lowest BCUT2D eigenvalue weighted by atomic mass is 9.97. The van der Waals surface area contributed by atoms with Gasteiger partial charge in [-0.2, -0.15) is 5.26 Å². The molecule has 5 heteroatoms. The van der Waals surface area contributed by atoms with Crippen molar-refractivity contribution in [2.75, 3.05) is 6.61 Å². The first kappa shape index (κ1) is 16.5. The van der Waals surface area contributed by atoms with Crippen LogP contribution < -0.4 is 4.74 Å². The molecule has 2 aromatic carbocycles. The zero-order valence-electron chi connectivity index (χ0n) is 12.9. The molecule has 0 aromatic heterocycles. The molecule has 0 fully saturated rings. The summed E-state index contributed by atoms with van der Waals surface area (Å²) in [4.78, 5) is 10.2. The number of nitro benzene ring substituents is 1. The molecule has 1 unspecified atom stereocenters. The SMILES string of the molecule is CCc1ccccc1OCCC(C#N)c1ccc([N+](=O)[O-])cc1.